The predicted molar refractivity (Wildman–Crippen MR) is 70.0 cm³/mol. The summed E-state index contributed by atoms with van der Waals surface area (Å²) >= 11 is 0. The molecule has 0 saturated carbocycles. The lowest BCUT2D eigenvalue weighted by molar-refractivity contribution is -0.135. The molecule has 0 radical (unpaired) electrons. The van der Waals surface area contributed by atoms with E-state index in [2.05, 4.69) is 4.74 Å². The molecule has 1 aliphatic rings. The third kappa shape index (κ3) is 2.15. The monoisotopic (exact) mass is 280 g/mol. The second-order valence-electron chi connectivity index (χ2n) is 3.76. The molecule has 2 rings (SSSR count). The Morgan fingerprint density at radius 2 is 1.79 bits per heavy atom. The summed E-state index contributed by atoms with van der Waals surface area (Å²) in [4.78, 5) is 11.1. The van der Waals surface area contributed by atoms with Gasteiger partial charge in [0.25, 0.3) is 0 Å². The Balaban J connectivity index is 2.49. The molecule has 100 valence electrons. The smallest absolute Gasteiger partial charge is 0.349 e. The number of ether oxygens (including phenoxy) is 2. The highest BCUT2D eigenvalue weighted by Crippen LogP contribution is 2.37. The van der Waals surface area contributed by atoms with Crippen LogP contribution in [0.1, 0.15) is 5.56 Å². The van der Waals surface area contributed by atoms with Gasteiger partial charge in [0.1, 0.15) is 5.75 Å². The average molecular weight is 280 g/mol. The zero-order chi connectivity index (χ0) is 14.0. The van der Waals surface area contributed by atoms with Crippen LogP contribution in [0.25, 0.3) is 4.91 Å². The first-order valence-electron chi connectivity index (χ1n) is 5.41. The Hall–Kier alpha value is -2.08. The quantitative estimate of drug-likeness (QED) is 0.785. The van der Waals surface area contributed by atoms with Gasteiger partial charge in [-0.25, -0.2) is 13.2 Å². The summed E-state index contributed by atoms with van der Waals surface area (Å²) in [5.41, 5.74) is 0.417. The molecule has 5 nitrogen and oxygen atoms in total. The molecular weight excluding hydrogens is 268 g/mol. The van der Waals surface area contributed by atoms with Gasteiger partial charge in [-0.15, -0.1) is 0 Å². The van der Waals surface area contributed by atoms with E-state index in [9.17, 15) is 13.2 Å². The minimum Gasteiger partial charge on any atom is -0.496 e. The van der Waals surface area contributed by atoms with Crippen LogP contribution in [0.3, 0.4) is 0 Å². The van der Waals surface area contributed by atoms with Crippen molar-refractivity contribution in [3.63, 3.8) is 0 Å². The second-order valence-corrected chi connectivity index (χ2v) is 5.64. The van der Waals surface area contributed by atoms with Crippen molar-refractivity contribution in [1.29, 1.82) is 0 Å². The van der Waals surface area contributed by atoms with Gasteiger partial charge in [-0.3, -0.25) is 0 Å². The van der Waals surface area contributed by atoms with E-state index in [1.54, 1.807) is 24.3 Å². The number of allylic oxidation sites excluding steroid dienone is 2. The molecule has 0 fully saturated rings. The van der Waals surface area contributed by atoms with Crippen LogP contribution in [0, 0.1) is 0 Å². The third-order valence-electron chi connectivity index (χ3n) is 2.72. The van der Waals surface area contributed by atoms with Crippen LogP contribution in [-0.4, -0.2) is 28.6 Å². The first-order chi connectivity index (χ1) is 9.02. The normalized spacial score (nSPS) is 16.5. The fourth-order valence-electron chi connectivity index (χ4n) is 1.81. The second kappa shape index (κ2) is 4.89. The Labute approximate surface area is 111 Å². The minimum atomic E-state index is -3.86. The summed E-state index contributed by atoms with van der Waals surface area (Å²) in [6.45, 7) is 0. The van der Waals surface area contributed by atoms with Gasteiger partial charge < -0.3 is 9.47 Å². The number of methoxy groups -OCH3 is 2. The molecule has 1 aromatic carbocycles. The molecule has 0 atom stereocenters. The molecule has 0 spiro atoms. The van der Waals surface area contributed by atoms with E-state index >= 15 is 0 Å². The van der Waals surface area contributed by atoms with Crippen LogP contribution in [0.4, 0.5) is 0 Å². The van der Waals surface area contributed by atoms with Crippen molar-refractivity contribution in [1.82, 2.24) is 0 Å². The number of esters is 1. The van der Waals surface area contributed by atoms with Gasteiger partial charge in [-0.1, -0.05) is 12.1 Å². The Bertz CT molecular complexity index is 683. The molecule has 0 aromatic heterocycles. The van der Waals surface area contributed by atoms with E-state index in [-0.39, 0.29) is 9.81 Å². The maximum Gasteiger partial charge on any atom is 0.349 e. The third-order valence-corrected chi connectivity index (χ3v) is 4.54. The first kappa shape index (κ1) is 13.4. The highest BCUT2D eigenvalue weighted by molar-refractivity contribution is 8.05. The molecule has 0 saturated heterocycles. The van der Waals surface area contributed by atoms with Crippen LogP contribution in [0.2, 0.25) is 0 Å². The molecule has 19 heavy (non-hydrogen) atoms. The van der Waals surface area contributed by atoms with E-state index in [1.165, 1.54) is 19.3 Å². The van der Waals surface area contributed by atoms with Crippen LogP contribution >= 0.6 is 0 Å². The highest BCUT2D eigenvalue weighted by Gasteiger charge is 2.35. The van der Waals surface area contributed by atoms with Crippen molar-refractivity contribution < 1.29 is 22.7 Å². The number of carbonyl (C=O) groups excluding carboxylic acids is 1. The topological polar surface area (TPSA) is 69.7 Å². The van der Waals surface area contributed by atoms with Gasteiger partial charge >= 0.3 is 5.97 Å². The average Bonchev–Trinajstić information content (AvgIpc) is 2.73. The summed E-state index contributed by atoms with van der Waals surface area (Å²) in [6.07, 6.45) is 2.61. The molecule has 0 N–H and O–H groups in total. The van der Waals surface area contributed by atoms with Gasteiger partial charge in [-0.2, -0.15) is 0 Å². The van der Waals surface area contributed by atoms with Gasteiger partial charge in [0.2, 0.25) is 9.84 Å². The summed E-state index contributed by atoms with van der Waals surface area (Å²) in [7, 11) is -1.26. The molecular formula is C13H12O5S. The van der Waals surface area contributed by atoms with Crippen molar-refractivity contribution >= 4 is 20.7 Å². The largest absolute Gasteiger partial charge is 0.496 e. The van der Waals surface area contributed by atoms with E-state index < -0.39 is 15.8 Å². The van der Waals surface area contributed by atoms with Crippen LogP contribution < -0.4 is 4.74 Å². The number of sulfone groups is 1. The van der Waals surface area contributed by atoms with Crippen molar-refractivity contribution in [3.8, 4) is 5.75 Å². The lowest BCUT2D eigenvalue weighted by atomic mass is 10.2. The number of hydrogen-bond donors (Lipinski definition) is 0. The molecule has 0 bridgehead atoms. The number of carbonyl (C=O) groups is 1. The lowest BCUT2D eigenvalue weighted by Crippen LogP contribution is -2.13. The van der Waals surface area contributed by atoms with Gasteiger partial charge in [0, 0.05) is 5.56 Å². The molecule has 0 unspecified atom stereocenters. The van der Waals surface area contributed by atoms with Crippen molar-refractivity contribution in [2.45, 2.75) is 0 Å². The molecule has 1 aliphatic heterocycles. The number of hydrogen-bond acceptors (Lipinski definition) is 5. The number of benzene rings is 1. The molecule has 6 heteroatoms. The zero-order valence-electron chi connectivity index (χ0n) is 10.4. The fourth-order valence-corrected chi connectivity index (χ4v) is 3.30. The Kier molecular flexibility index (Phi) is 3.44. The van der Waals surface area contributed by atoms with Crippen LogP contribution in [0.5, 0.6) is 5.75 Å². The van der Waals surface area contributed by atoms with Crippen LogP contribution in [-0.2, 0) is 19.4 Å². The number of rotatable bonds is 3. The summed E-state index contributed by atoms with van der Waals surface area (Å²) in [5, 5.41) is 0. The first-order valence-corrected chi connectivity index (χ1v) is 6.89. The van der Waals surface area contributed by atoms with E-state index in [4.69, 9.17) is 4.74 Å². The van der Waals surface area contributed by atoms with E-state index in [0.29, 0.717) is 11.3 Å². The summed E-state index contributed by atoms with van der Waals surface area (Å²) in [5.74, 6) is -0.446. The van der Waals surface area contributed by atoms with Crippen molar-refractivity contribution in [2.24, 2.45) is 0 Å². The summed E-state index contributed by atoms with van der Waals surface area (Å²) < 4.78 is 34.1. The highest BCUT2D eigenvalue weighted by atomic mass is 32.2. The molecule has 0 amide bonds. The van der Waals surface area contributed by atoms with E-state index in [1.807, 2.05) is 0 Å². The van der Waals surface area contributed by atoms with Crippen molar-refractivity contribution in [3.05, 3.63) is 46.9 Å². The Morgan fingerprint density at radius 1 is 1.11 bits per heavy atom. The van der Waals surface area contributed by atoms with Gasteiger partial charge in [-0.05, 0) is 24.3 Å². The molecule has 1 aromatic rings. The Morgan fingerprint density at radius 3 is 2.42 bits per heavy atom. The van der Waals surface area contributed by atoms with Gasteiger partial charge in [0.15, 0.2) is 4.91 Å². The lowest BCUT2D eigenvalue weighted by Gasteiger charge is -2.10. The maximum absolute atomic E-state index is 12.3. The van der Waals surface area contributed by atoms with Crippen molar-refractivity contribution in [2.75, 3.05) is 14.2 Å². The fraction of sp³-hybridized carbons (Fsp3) is 0.154. The predicted octanol–water partition coefficient (Wildman–Crippen LogP) is 1.52. The standard InChI is InChI=1S/C13H12O5S/c1-17-10-6-4-3-5-9(10)11-7-8-12(13(14)18-2)19(11,15)16/h3-8H,1-2H3. The number of para-hydroxylation sites is 1. The molecule has 0 aliphatic carbocycles. The van der Waals surface area contributed by atoms with Gasteiger partial charge in [0.05, 0.1) is 19.1 Å². The SMILES string of the molecule is COC(=O)C1=CC=C(c2ccccc2OC)S1(=O)=O. The summed E-state index contributed by atoms with van der Waals surface area (Å²) in [6, 6.07) is 6.71. The zero-order valence-corrected chi connectivity index (χ0v) is 11.2. The minimum absolute atomic E-state index is 0.0327. The maximum atomic E-state index is 12.3. The van der Waals surface area contributed by atoms with E-state index in [0.717, 1.165) is 7.11 Å². The van der Waals surface area contributed by atoms with Crippen LogP contribution in [0.15, 0.2) is 41.3 Å². The molecule has 1 heterocycles.